The van der Waals surface area contributed by atoms with Gasteiger partial charge in [-0.15, -0.1) is 0 Å². The fourth-order valence-corrected chi connectivity index (χ4v) is 2.49. The normalized spacial score (nSPS) is 11.4. The Bertz CT molecular complexity index is 829. The molecule has 1 amide bonds. The molecular weight excluding hydrogens is 331 g/mol. The minimum atomic E-state index is -3.32. The van der Waals surface area contributed by atoms with Gasteiger partial charge >= 0.3 is 0 Å². The molecule has 0 aromatic heterocycles. The molecule has 2 aromatic rings. The molecule has 0 aliphatic heterocycles. The van der Waals surface area contributed by atoms with Crippen LogP contribution in [0.1, 0.15) is 12.0 Å². The first-order valence-corrected chi connectivity index (χ1v) is 9.01. The molecular formula is C17H17FN2O3S. The Labute approximate surface area is 140 Å². The summed E-state index contributed by atoms with van der Waals surface area (Å²) < 4.78 is 37.3. The molecule has 126 valence electrons. The fraction of sp³-hybridized carbons (Fsp3) is 0.118. The van der Waals surface area contributed by atoms with Crippen molar-refractivity contribution in [2.24, 2.45) is 0 Å². The van der Waals surface area contributed by atoms with Gasteiger partial charge in [0.2, 0.25) is 15.9 Å². The number of carbonyl (C=O) groups is 1. The van der Waals surface area contributed by atoms with Crippen molar-refractivity contribution >= 4 is 33.4 Å². The quantitative estimate of drug-likeness (QED) is 0.841. The Morgan fingerprint density at radius 2 is 1.62 bits per heavy atom. The average Bonchev–Trinajstić information content (AvgIpc) is 2.50. The van der Waals surface area contributed by atoms with E-state index in [-0.39, 0.29) is 18.1 Å². The molecule has 0 atom stereocenters. The van der Waals surface area contributed by atoms with Crippen LogP contribution in [0.4, 0.5) is 15.8 Å². The second-order valence-corrected chi connectivity index (χ2v) is 6.91. The van der Waals surface area contributed by atoms with Crippen molar-refractivity contribution in [3.8, 4) is 0 Å². The number of benzene rings is 2. The third-order valence-corrected chi connectivity index (χ3v) is 3.56. The molecule has 2 rings (SSSR count). The number of nitrogens with one attached hydrogen (secondary N) is 2. The van der Waals surface area contributed by atoms with E-state index in [4.69, 9.17) is 0 Å². The summed E-state index contributed by atoms with van der Waals surface area (Å²) in [5, 5.41) is 2.70. The van der Waals surface area contributed by atoms with Crippen LogP contribution in [0, 0.1) is 5.82 Å². The van der Waals surface area contributed by atoms with Gasteiger partial charge in [-0.2, -0.15) is 0 Å². The number of hydrogen-bond acceptors (Lipinski definition) is 3. The maximum absolute atomic E-state index is 12.8. The van der Waals surface area contributed by atoms with Crippen LogP contribution in [0.5, 0.6) is 0 Å². The summed E-state index contributed by atoms with van der Waals surface area (Å²) in [6.07, 6.45) is 4.65. The number of halogens is 1. The first-order valence-electron chi connectivity index (χ1n) is 7.12. The lowest BCUT2D eigenvalue weighted by Crippen LogP contribution is -2.11. The lowest BCUT2D eigenvalue weighted by molar-refractivity contribution is -0.115. The lowest BCUT2D eigenvalue weighted by atomic mass is 10.2. The molecule has 0 unspecified atom stereocenters. The summed E-state index contributed by atoms with van der Waals surface area (Å²) in [5.41, 5.74) is 1.79. The average molecular weight is 348 g/mol. The molecule has 2 aromatic carbocycles. The lowest BCUT2D eigenvalue weighted by Gasteiger charge is -2.06. The Hall–Kier alpha value is -2.67. The Balaban J connectivity index is 1.87. The molecule has 0 aliphatic rings. The highest BCUT2D eigenvalue weighted by Gasteiger charge is 2.03. The van der Waals surface area contributed by atoms with Gasteiger partial charge in [0, 0.05) is 17.8 Å². The maximum atomic E-state index is 12.8. The molecule has 0 heterocycles. The topological polar surface area (TPSA) is 75.3 Å². The molecule has 2 N–H and O–H groups in total. The highest BCUT2D eigenvalue weighted by Crippen LogP contribution is 2.15. The fourth-order valence-electron chi connectivity index (χ4n) is 1.92. The van der Waals surface area contributed by atoms with E-state index in [1.807, 2.05) is 0 Å². The smallest absolute Gasteiger partial charge is 0.229 e. The van der Waals surface area contributed by atoms with Crippen LogP contribution < -0.4 is 10.0 Å². The highest BCUT2D eigenvalue weighted by molar-refractivity contribution is 7.92. The number of anilines is 2. The molecule has 0 spiro atoms. The van der Waals surface area contributed by atoms with Crippen LogP contribution in [0.25, 0.3) is 6.08 Å². The molecule has 5 nitrogen and oxygen atoms in total. The minimum absolute atomic E-state index is 0.167. The zero-order chi connectivity index (χ0) is 17.6. The monoisotopic (exact) mass is 348 g/mol. The van der Waals surface area contributed by atoms with Crippen molar-refractivity contribution in [3.63, 3.8) is 0 Å². The zero-order valence-electron chi connectivity index (χ0n) is 13.0. The van der Waals surface area contributed by atoms with E-state index in [1.54, 1.807) is 48.6 Å². The van der Waals surface area contributed by atoms with E-state index in [1.165, 1.54) is 12.1 Å². The van der Waals surface area contributed by atoms with Crippen LogP contribution in [0.3, 0.4) is 0 Å². The first kappa shape index (κ1) is 17.7. The Morgan fingerprint density at radius 1 is 1.04 bits per heavy atom. The van der Waals surface area contributed by atoms with E-state index in [2.05, 4.69) is 10.0 Å². The predicted molar refractivity (Wildman–Crippen MR) is 93.6 cm³/mol. The van der Waals surface area contributed by atoms with Gasteiger partial charge in [0.05, 0.1) is 6.26 Å². The van der Waals surface area contributed by atoms with Gasteiger partial charge in [0.15, 0.2) is 0 Å². The summed E-state index contributed by atoms with van der Waals surface area (Å²) in [6, 6.07) is 12.3. The molecule has 0 fully saturated rings. The molecule has 0 saturated carbocycles. The van der Waals surface area contributed by atoms with Crippen LogP contribution in [0.15, 0.2) is 54.6 Å². The second-order valence-electron chi connectivity index (χ2n) is 5.16. The number of carbonyl (C=O) groups excluding carboxylic acids is 1. The minimum Gasteiger partial charge on any atom is -0.326 e. The van der Waals surface area contributed by atoms with Crippen molar-refractivity contribution in [3.05, 3.63) is 66.0 Å². The van der Waals surface area contributed by atoms with E-state index in [0.717, 1.165) is 11.8 Å². The SMILES string of the molecule is CS(=O)(=O)Nc1ccc(NC(=O)C/C=C/c2ccc(F)cc2)cc1. The van der Waals surface area contributed by atoms with Gasteiger partial charge in [-0.05, 0) is 42.0 Å². The maximum Gasteiger partial charge on any atom is 0.229 e. The third-order valence-electron chi connectivity index (χ3n) is 2.96. The molecule has 7 heteroatoms. The number of sulfonamides is 1. The summed E-state index contributed by atoms with van der Waals surface area (Å²) in [5.74, 6) is -0.518. The van der Waals surface area contributed by atoms with Crippen molar-refractivity contribution in [1.82, 2.24) is 0 Å². The van der Waals surface area contributed by atoms with Gasteiger partial charge in [0.1, 0.15) is 5.82 Å². The molecule has 0 bridgehead atoms. The van der Waals surface area contributed by atoms with Crippen molar-refractivity contribution in [2.45, 2.75) is 6.42 Å². The molecule has 24 heavy (non-hydrogen) atoms. The van der Waals surface area contributed by atoms with E-state index >= 15 is 0 Å². The van der Waals surface area contributed by atoms with Crippen LogP contribution >= 0.6 is 0 Å². The largest absolute Gasteiger partial charge is 0.326 e. The van der Waals surface area contributed by atoms with Crippen molar-refractivity contribution in [2.75, 3.05) is 16.3 Å². The predicted octanol–water partition coefficient (Wildman–Crippen LogP) is 3.24. The Morgan fingerprint density at radius 3 is 2.21 bits per heavy atom. The van der Waals surface area contributed by atoms with E-state index < -0.39 is 10.0 Å². The summed E-state index contributed by atoms with van der Waals surface area (Å²) in [7, 11) is -3.32. The standard InChI is InChI=1S/C17H17FN2O3S/c1-24(22,23)20-16-11-9-15(10-12-16)19-17(21)4-2-3-13-5-7-14(18)8-6-13/h2-3,5-12,20H,4H2,1H3,(H,19,21)/b3-2+. The summed E-state index contributed by atoms with van der Waals surface area (Å²) in [4.78, 5) is 11.8. The van der Waals surface area contributed by atoms with Gasteiger partial charge in [-0.25, -0.2) is 12.8 Å². The summed E-state index contributed by atoms with van der Waals surface area (Å²) in [6.45, 7) is 0. The van der Waals surface area contributed by atoms with E-state index in [0.29, 0.717) is 11.4 Å². The summed E-state index contributed by atoms with van der Waals surface area (Å²) >= 11 is 0. The van der Waals surface area contributed by atoms with Gasteiger partial charge in [-0.3, -0.25) is 9.52 Å². The third kappa shape index (κ3) is 6.21. The molecule has 0 aliphatic carbocycles. The number of rotatable bonds is 6. The van der Waals surface area contributed by atoms with Crippen molar-refractivity contribution < 1.29 is 17.6 Å². The first-order chi connectivity index (χ1) is 11.3. The second kappa shape index (κ2) is 7.74. The van der Waals surface area contributed by atoms with Gasteiger partial charge in [-0.1, -0.05) is 24.3 Å². The van der Waals surface area contributed by atoms with Crippen LogP contribution in [-0.2, 0) is 14.8 Å². The van der Waals surface area contributed by atoms with Crippen molar-refractivity contribution in [1.29, 1.82) is 0 Å². The van der Waals surface area contributed by atoms with Gasteiger partial charge < -0.3 is 5.32 Å². The van der Waals surface area contributed by atoms with Gasteiger partial charge in [0.25, 0.3) is 0 Å². The highest BCUT2D eigenvalue weighted by atomic mass is 32.2. The number of amides is 1. The van der Waals surface area contributed by atoms with Crippen LogP contribution in [-0.4, -0.2) is 20.6 Å². The zero-order valence-corrected chi connectivity index (χ0v) is 13.8. The molecule has 0 saturated heterocycles. The Kier molecular flexibility index (Phi) is 5.70. The van der Waals surface area contributed by atoms with E-state index in [9.17, 15) is 17.6 Å². The molecule has 0 radical (unpaired) electrons. The number of hydrogen-bond donors (Lipinski definition) is 2. The van der Waals surface area contributed by atoms with Crippen LogP contribution in [0.2, 0.25) is 0 Å².